The second-order valence-electron chi connectivity index (χ2n) is 5.89. The van der Waals surface area contributed by atoms with Gasteiger partial charge in [-0.1, -0.05) is 23.8 Å². The molecule has 0 fully saturated rings. The summed E-state index contributed by atoms with van der Waals surface area (Å²) >= 11 is 0. The first-order valence-electron chi connectivity index (χ1n) is 7.70. The fraction of sp³-hybridized carbons (Fsp3) is 0.316. The van der Waals surface area contributed by atoms with Gasteiger partial charge in [-0.15, -0.1) is 0 Å². The number of anilines is 1. The molecule has 0 saturated carbocycles. The van der Waals surface area contributed by atoms with Crippen LogP contribution < -0.4 is 10.8 Å². The van der Waals surface area contributed by atoms with Gasteiger partial charge in [0.05, 0.1) is 7.11 Å². The highest BCUT2D eigenvalue weighted by molar-refractivity contribution is 5.94. The van der Waals surface area contributed by atoms with Gasteiger partial charge in [0.25, 0.3) is 5.91 Å². The average molecular weight is 312 g/mol. The van der Waals surface area contributed by atoms with Crippen LogP contribution in [0.15, 0.2) is 36.4 Å². The van der Waals surface area contributed by atoms with E-state index in [0.29, 0.717) is 5.56 Å². The Balaban J connectivity index is 2.19. The van der Waals surface area contributed by atoms with E-state index in [1.165, 1.54) is 23.8 Å². The van der Waals surface area contributed by atoms with Crippen molar-refractivity contribution in [2.75, 3.05) is 12.4 Å². The maximum absolute atomic E-state index is 11.8. The molecule has 2 rings (SSSR count). The minimum absolute atomic E-state index is 0.187. The minimum atomic E-state index is -0.246. The second kappa shape index (κ2) is 7.29. The number of hydrogen-bond acceptors (Lipinski definition) is 3. The number of carbonyl (C=O) groups excluding carboxylic acids is 1. The molecule has 0 aliphatic carbocycles. The fourth-order valence-corrected chi connectivity index (χ4v) is 2.66. The molecule has 1 atom stereocenters. The van der Waals surface area contributed by atoms with Gasteiger partial charge in [0.1, 0.15) is 0 Å². The third-order valence-corrected chi connectivity index (χ3v) is 3.96. The number of hydroxylamine groups is 1. The summed E-state index contributed by atoms with van der Waals surface area (Å²) < 4.78 is 0. The summed E-state index contributed by atoms with van der Waals surface area (Å²) in [4.78, 5) is 16.4. The van der Waals surface area contributed by atoms with E-state index in [1.54, 1.807) is 6.07 Å². The van der Waals surface area contributed by atoms with Crippen LogP contribution in [-0.4, -0.2) is 13.0 Å². The first-order valence-corrected chi connectivity index (χ1v) is 7.70. The Labute approximate surface area is 137 Å². The number of rotatable bonds is 5. The van der Waals surface area contributed by atoms with Gasteiger partial charge in [0.2, 0.25) is 0 Å². The normalized spacial score (nSPS) is 11.9. The van der Waals surface area contributed by atoms with Crippen molar-refractivity contribution in [3.63, 3.8) is 0 Å². The number of nitrogens with one attached hydrogen (secondary N) is 2. The lowest BCUT2D eigenvalue weighted by Gasteiger charge is -2.20. The van der Waals surface area contributed by atoms with Gasteiger partial charge in [-0.3, -0.25) is 9.63 Å². The molecule has 2 aromatic rings. The van der Waals surface area contributed by atoms with E-state index in [-0.39, 0.29) is 11.9 Å². The molecular weight excluding hydrogens is 288 g/mol. The highest BCUT2D eigenvalue weighted by Gasteiger charge is 2.12. The lowest BCUT2D eigenvalue weighted by molar-refractivity contribution is 0.0537. The van der Waals surface area contributed by atoms with Crippen molar-refractivity contribution in [3.8, 4) is 0 Å². The van der Waals surface area contributed by atoms with Crippen LogP contribution >= 0.6 is 0 Å². The van der Waals surface area contributed by atoms with Crippen molar-refractivity contribution in [2.45, 2.75) is 33.7 Å². The molecule has 0 saturated heterocycles. The van der Waals surface area contributed by atoms with Gasteiger partial charge >= 0.3 is 0 Å². The molecule has 0 radical (unpaired) electrons. The van der Waals surface area contributed by atoms with Crippen molar-refractivity contribution in [1.29, 1.82) is 0 Å². The average Bonchev–Trinajstić information content (AvgIpc) is 2.51. The van der Waals surface area contributed by atoms with Crippen LogP contribution in [-0.2, 0) is 4.84 Å². The number of carbonyl (C=O) groups is 1. The Bertz CT molecular complexity index is 711. The van der Waals surface area contributed by atoms with E-state index in [2.05, 4.69) is 54.6 Å². The van der Waals surface area contributed by atoms with Gasteiger partial charge in [0, 0.05) is 17.3 Å². The van der Waals surface area contributed by atoms with Crippen LogP contribution in [0.25, 0.3) is 0 Å². The SMILES string of the molecule is CONC(=O)c1ccc(N[C@H](C)c2cc(C)ccc2C)c(C)c1. The van der Waals surface area contributed by atoms with Crippen LogP contribution in [0, 0.1) is 20.8 Å². The van der Waals surface area contributed by atoms with Crippen LogP contribution in [0.5, 0.6) is 0 Å². The quantitative estimate of drug-likeness (QED) is 0.818. The summed E-state index contributed by atoms with van der Waals surface area (Å²) in [6.45, 7) is 8.36. The van der Waals surface area contributed by atoms with Crippen molar-refractivity contribution >= 4 is 11.6 Å². The van der Waals surface area contributed by atoms with Gasteiger partial charge in [-0.25, -0.2) is 5.48 Å². The van der Waals surface area contributed by atoms with Crippen LogP contribution in [0.4, 0.5) is 5.69 Å². The molecule has 4 heteroatoms. The van der Waals surface area contributed by atoms with Gasteiger partial charge in [0.15, 0.2) is 0 Å². The molecule has 2 aromatic carbocycles. The number of hydrogen-bond donors (Lipinski definition) is 2. The van der Waals surface area contributed by atoms with E-state index in [9.17, 15) is 4.79 Å². The Kier molecular flexibility index (Phi) is 5.40. The Hall–Kier alpha value is -2.33. The van der Waals surface area contributed by atoms with Crippen molar-refractivity contribution < 1.29 is 9.63 Å². The number of amides is 1. The van der Waals surface area contributed by atoms with Crippen molar-refractivity contribution in [3.05, 3.63) is 64.2 Å². The summed E-state index contributed by atoms with van der Waals surface area (Å²) in [5.41, 5.74) is 8.75. The Morgan fingerprint density at radius 3 is 2.43 bits per heavy atom. The third kappa shape index (κ3) is 4.11. The summed E-state index contributed by atoms with van der Waals surface area (Å²) in [5.74, 6) is -0.246. The molecular formula is C19H24N2O2. The standard InChI is InChI=1S/C19H24N2O2/c1-12-6-7-13(2)17(10-12)15(4)20-18-9-8-16(11-14(18)3)19(22)21-23-5/h6-11,15,20H,1-5H3,(H,21,22)/t15-/m1/s1. The summed E-state index contributed by atoms with van der Waals surface area (Å²) in [5, 5.41) is 3.53. The molecule has 0 aromatic heterocycles. The largest absolute Gasteiger partial charge is 0.378 e. The second-order valence-corrected chi connectivity index (χ2v) is 5.89. The zero-order valence-corrected chi connectivity index (χ0v) is 14.4. The molecule has 0 aliphatic heterocycles. The first kappa shape index (κ1) is 17.0. The third-order valence-electron chi connectivity index (χ3n) is 3.96. The molecule has 2 N–H and O–H groups in total. The first-order chi connectivity index (χ1) is 10.9. The number of benzene rings is 2. The molecule has 23 heavy (non-hydrogen) atoms. The predicted octanol–water partition coefficient (Wildman–Crippen LogP) is 4.08. The lowest BCUT2D eigenvalue weighted by Crippen LogP contribution is -2.22. The van der Waals surface area contributed by atoms with E-state index >= 15 is 0 Å². The molecule has 0 heterocycles. The van der Waals surface area contributed by atoms with Crippen LogP contribution in [0.2, 0.25) is 0 Å². The molecule has 0 unspecified atom stereocenters. The van der Waals surface area contributed by atoms with Crippen molar-refractivity contribution in [2.24, 2.45) is 0 Å². The maximum Gasteiger partial charge on any atom is 0.274 e. The monoisotopic (exact) mass is 312 g/mol. The van der Waals surface area contributed by atoms with E-state index in [0.717, 1.165) is 11.3 Å². The molecule has 0 spiro atoms. The zero-order valence-electron chi connectivity index (χ0n) is 14.4. The molecule has 1 amide bonds. The zero-order chi connectivity index (χ0) is 17.0. The minimum Gasteiger partial charge on any atom is -0.378 e. The molecule has 0 bridgehead atoms. The van der Waals surface area contributed by atoms with Crippen LogP contribution in [0.3, 0.4) is 0 Å². The van der Waals surface area contributed by atoms with Crippen molar-refractivity contribution in [1.82, 2.24) is 5.48 Å². The van der Waals surface area contributed by atoms with Gasteiger partial charge in [-0.2, -0.15) is 0 Å². The number of aryl methyl sites for hydroxylation is 3. The summed E-state index contributed by atoms with van der Waals surface area (Å²) in [7, 11) is 1.42. The maximum atomic E-state index is 11.8. The fourth-order valence-electron chi connectivity index (χ4n) is 2.66. The molecule has 4 nitrogen and oxygen atoms in total. The van der Waals surface area contributed by atoms with Gasteiger partial charge in [-0.05, 0) is 62.6 Å². The highest BCUT2D eigenvalue weighted by Crippen LogP contribution is 2.25. The lowest BCUT2D eigenvalue weighted by atomic mass is 9.99. The molecule has 0 aliphatic rings. The molecule has 122 valence electrons. The topological polar surface area (TPSA) is 50.4 Å². The van der Waals surface area contributed by atoms with E-state index in [4.69, 9.17) is 0 Å². The van der Waals surface area contributed by atoms with E-state index < -0.39 is 0 Å². The summed E-state index contributed by atoms with van der Waals surface area (Å²) in [6, 6.07) is 12.2. The Morgan fingerprint density at radius 1 is 1.04 bits per heavy atom. The predicted molar refractivity (Wildman–Crippen MR) is 93.6 cm³/mol. The Morgan fingerprint density at radius 2 is 1.78 bits per heavy atom. The van der Waals surface area contributed by atoms with E-state index in [1.807, 2.05) is 19.1 Å². The smallest absolute Gasteiger partial charge is 0.274 e. The van der Waals surface area contributed by atoms with Gasteiger partial charge < -0.3 is 5.32 Å². The summed E-state index contributed by atoms with van der Waals surface area (Å²) in [6.07, 6.45) is 0. The highest BCUT2D eigenvalue weighted by atomic mass is 16.6. The van der Waals surface area contributed by atoms with Crippen LogP contribution in [0.1, 0.15) is 45.6 Å².